The minimum absolute atomic E-state index is 0.0211. The second-order valence-electron chi connectivity index (χ2n) is 5.13. The summed E-state index contributed by atoms with van der Waals surface area (Å²) in [5, 5.41) is 9.23. The first-order chi connectivity index (χ1) is 8.47. The maximum Gasteiger partial charge on any atom is 0.308 e. The van der Waals surface area contributed by atoms with Crippen molar-refractivity contribution in [2.24, 2.45) is 17.6 Å². The fourth-order valence-electron chi connectivity index (χ4n) is 2.26. The van der Waals surface area contributed by atoms with Gasteiger partial charge in [0.15, 0.2) is 0 Å². The quantitative estimate of drug-likeness (QED) is 0.814. The summed E-state index contributed by atoms with van der Waals surface area (Å²) in [4.78, 5) is 11.2. The summed E-state index contributed by atoms with van der Waals surface area (Å²) in [6.45, 7) is 5.92. The number of aryl methyl sites for hydroxylation is 1. The van der Waals surface area contributed by atoms with Gasteiger partial charge in [0, 0.05) is 6.04 Å². The van der Waals surface area contributed by atoms with E-state index in [2.05, 4.69) is 6.92 Å². The van der Waals surface area contributed by atoms with E-state index in [0.29, 0.717) is 0 Å². The number of nitrogens with two attached hydrogens (primary N) is 1. The van der Waals surface area contributed by atoms with Gasteiger partial charge in [-0.2, -0.15) is 0 Å². The molecule has 0 spiro atoms. The van der Waals surface area contributed by atoms with E-state index in [0.717, 1.165) is 18.4 Å². The van der Waals surface area contributed by atoms with E-state index in [1.807, 2.05) is 38.1 Å². The van der Waals surface area contributed by atoms with Crippen LogP contribution in [0.2, 0.25) is 0 Å². The van der Waals surface area contributed by atoms with Crippen LogP contribution in [-0.4, -0.2) is 11.1 Å². The van der Waals surface area contributed by atoms with Crippen LogP contribution < -0.4 is 5.73 Å². The van der Waals surface area contributed by atoms with Crippen LogP contribution in [0.1, 0.15) is 44.4 Å². The summed E-state index contributed by atoms with van der Waals surface area (Å²) in [6, 6.07) is 7.54. The molecule has 100 valence electrons. The summed E-state index contributed by atoms with van der Waals surface area (Å²) in [5.41, 5.74) is 8.25. The third-order valence-electron chi connectivity index (χ3n) is 3.29. The zero-order chi connectivity index (χ0) is 13.7. The molecule has 1 aromatic rings. The molecule has 0 heterocycles. The molecule has 3 N–H and O–H groups in total. The van der Waals surface area contributed by atoms with Gasteiger partial charge in [-0.3, -0.25) is 4.79 Å². The van der Waals surface area contributed by atoms with Gasteiger partial charge in [-0.25, -0.2) is 0 Å². The van der Waals surface area contributed by atoms with Crippen molar-refractivity contribution in [2.45, 2.75) is 39.7 Å². The van der Waals surface area contributed by atoms with Gasteiger partial charge in [0.05, 0.1) is 5.92 Å². The van der Waals surface area contributed by atoms with Gasteiger partial charge in [-0.1, -0.05) is 51.5 Å². The molecule has 0 bridgehead atoms. The molecule has 18 heavy (non-hydrogen) atoms. The van der Waals surface area contributed by atoms with Crippen LogP contribution in [0.25, 0.3) is 0 Å². The highest BCUT2D eigenvalue weighted by atomic mass is 16.4. The molecule has 3 heteroatoms. The molecule has 3 nitrogen and oxygen atoms in total. The number of hydrogen-bond acceptors (Lipinski definition) is 2. The maximum atomic E-state index is 11.2. The molecule has 0 saturated carbocycles. The number of carboxylic acids is 1. The lowest BCUT2D eigenvalue weighted by Gasteiger charge is -2.23. The summed E-state index contributed by atoms with van der Waals surface area (Å²) in [6.07, 6.45) is 2.15. The van der Waals surface area contributed by atoms with Crippen molar-refractivity contribution in [3.63, 3.8) is 0 Å². The van der Waals surface area contributed by atoms with Crippen LogP contribution in [0.5, 0.6) is 0 Å². The Kier molecular flexibility index (Phi) is 5.35. The molecule has 0 aromatic heterocycles. The van der Waals surface area contributed by atoms with Crippen LogP contribution in [-0.2, 0) is 11.2 Å². The molecule has 0 fully saturated rings. The molecule has 0 aliphatic carbocycles. The van der Waals surface area contributed by atoms with Crippen molar-refractivity contribution in [2.75, 3.05) is 0 Å². The molecule has 1 aromatic carbocycles. The Labute approximate surface area is 109 Å². The molecule has 2 unspecified atom stereocenters. The predicted octanol–water partition coefficient (Wildman–Crippen LogP) is 3.00. The summed E-state index contributed by atoms with van der Waals surface area (Å²) in [7, 11) is 0. The Morgan fingerprint density at radius 1 is 1.28 bits per heavy atom. The molecule has 0 aliphatic heterocycles. The van der Waals surface area contributed by atoms with Crippen molar-refractivity contribution in [3.05, 3.63) is 35.4 Å². The summed E-state index contributed by atoms with van der Waals surface area (Å²) < 4.78 is 0. The molecular formula is C15H23NO2. The Morgan fingerprint density at radius 3 is 2.22 bits per heavy atom. The van der Waals surface area contributed by atoms with Gasteiger partial charge >= 0.3 is 5.97 Å². The van der Waals surface area contributed by atoms with Crippen molar-refractivity contribution in [3.8, 4) is 0 Å². The molecule has 2 atom stereocenters. The molecule has 0 aliphatic rings. The van der Waals surface area contributed by atoms with Gasteiger partial charge in [0.2, 0.25) is 0 Å². The summed E-state index contributed by atoms with van der Waals surface area (Å²) >= 11 is 0. The van der Waals surface area contributed by atoms with Gasteiger partial charge < -0.3 is 10.8 Å². The lowest BCUT2D eigenvalue weighted by molar-refractivity contribution is -0.144. The number of benzene rings is 1. The third kappa shape index (κ3) is 3.57. The predicted molar refractivity (Wildman–Crippen MR) is 73.3 cm³/mol. The number of carboxylic acid groups (broad SMARTS) is 1. The normalized spacial score (nSPS) is 14.5. The molecule has 1 rings (SSSR count). The van der Waals surface area contributed by atoms with E-state index in [-0.39, 0.29) is 5.92 Å². The highest BCUT2D eigenvalue weighted by Gasteiger charge is 2.29. The molecule has 0 amide bonds. The van der Waals surface area contributed by atoms with Crippen molar-refractivity contribution >= 4 is 5.97 Å². The zero-order valence-corrected chi connectivity index (χ0v) is 11.4. The van der Waals surface area contributed by atoms with Crippen molar-refractivity contribution in [1.29, 1.82) is 0 Å². The molecule has 0 radical (unpaired) electrons. The van der Waals surface area contributed by atoms with E-state index in [4.69, 9.17) is 5.73 Å². The first kappa shape index (κ1) is 14.7. The second kappa shape index (κ2) is 6.55. The minimum Gasteiger partial charge on any atom is -0.481 e. The third-order valence-corrected chi connectivity index (χ3v) is 3.29. The monoisotopic (exact) mass is 249 g/mol. The smallest absolute Gasteiger partial charge is 0.308 e. The minimum atomic E-state index is -0.824. The standard InChI is InChI=1S/C15H23NO2/c1-4-5-11-6-8-12(9-7-11)14(16)13(10(2)3)15(17)18/h6-10,13-14H,4-5,16H2,1-3H3,(H,17,18). The Balaban J connectivity index is 2.88. The topological polar surface area (TPSA) is 63.3 Å². The lowest BCUT2D eigenvalue weighted by Crippen LogP contribution is -2.32. The van der Waals surface area contributed by atoms with Gasteiger partial charge in [-0.05, 0) is 23.5 Å². The highest BCUT2D eigenvalue weighted by molar-refractivity contribution is 5.71. The Hall–Kier alpha value is -1.35. The highest BCUT2D eigenvalue weighted by Crippen LogP contribution is 2.26. The Bertz CT molecular complexity index is 384. The van der Waals surface area contributed by atoms with Crippen LogP contribution in [0.3, 0.4) is 0 Å². The molecular weight excluding hydrogens is 226 g/mol. The van der Waals surface area contributed by atoms with Gasteiger partial charge in [0.1, 0.15) is 0 Å². The van der Waals surface area contributed by atoms with E-state index in [1.165, 1.54) is 5.56 Å². The van der Waals surface area contributed by atoms with Crippen molar-refractivity contribution in [1.82, 2.24) is 0 Å². The van der Waals surface area contributed by atoms with Crippen molar-refractivity contribution < 1.29 is 9.90 Å². The van der Waals surface area contributed by atoms with Crippen LogP contribution in [0.15, 0.2) is 24.3 Å². The average molecular weight is 249 g/mol. The Morgan fingerprint density at radius 2 is 1.83 bits per heavy atom. The summed E-state index contributed by atoms with van der Waals surface area (Å²) in [5.74, 6) is -1.34. The van der Waals surface area contributed by atoms with Crippen LogP contribution >= 0.6 is 0 Å². The van der Waals surface area contributed by atoms with Gasteiger partial charge in [0.25, 0.3) is 0 Å². The number of hydrogen-bond donors (Lipinski definition) is 2. The van der Waals surface area contributed by atoms with E-state index in [9.17, 15) is 9.90 Å². The number of carbonyl (C=O) groups is 1. The SMILES string of the molecule is CCCc1ccc(C(N)C(C(=O)O)C(C)C)cc1. The first-order valence-electron chi connectivity index (χ1n) is 6.54. The van der Waals surface area contributed by atoms with Gasteiger partial charge in [-0.15, -0.1) is 0 Å². The van der Waals surface area contributed by atoms with Crippen LogP contribution in [0.4, 0.5) is 0 Å². The zero-order valence-electron chi connectivity index (χ0n) is 11.4. The molecule has 0 saturated heterocycles. The van der Waals surface area contributed by atoms with E-state index in [1.54, 1.807) is 0 Å². The number of aliphatic carboxylic acids is 1. The fraction of sp³-hybridized carbons (Fsp3) is 0.533. The van der Waals surface area contributed by atoms with E-state index >= 15 is 0 Å². The maximum absolute atomic E-state index is 11.2. The number of rotatable bonds is 6. The van der Waals surface area contributed by atoms with Crippen LogP contribution in [0, 0.1) is 11.8 Å². The average Bonchev–Trinajstić information content (AvgIpc) is 2.29. The second-order valence-corrected chi connectivity index (χ2v) is 5.13. The first-order valence-corrected chi connectivity index (χ1v) is 6.54. The fourth-order valence-corrected chi connectivity index (χ4v) is 2.26. The van der Waals surface area contributed by atoms with E-state index < -0.39 is 17.9 Å². The largest absolute Gasteiger partial charge is 0.481 e. The lowest BCUT2D eigenvalue weighted by atomic mass is 9.85.